The molecule has 0 aliphatic carbocycles. The molecule has 2 aromatic rings. The number of hydrogen-bond donors (Lipinski definition) is 1. The highest BCUT2D eigenvalue weighted by atomic mass is 32.2. The molecule has 0 aliphatic heterocycles. The zero-order valence-electron chi connectivity index (χ0n) is 12.0. The third-order valence-electron chi connectivity index (χ3n) is 3.15. The molecule has 0 saturated carbocycles. The number of carbonyl (C=O) groups is 1. The zero-order chi connectivity index (χ0) is 15.4. The van der Waals surface area contributed by atoms with E-state index >= 15 is 0 Å². The zero-order valence-corrected chi connectivity index (χ0v) is 12.9. The lowest BCUT2D eigenvalue weighted by Crippen LogP contribution is -1.99. The quantitative estimate of drug-likeness (QED) is 0.886. The summed E-state index contributed by atoms with van der Waals surface area (Å²) in [7, 11) is -1.13. The standard InChI is InChI=1S/C16H18O4S/c1-11(2)13-5-3-12(4-6-13)9-21(19)10-14-7-8-15(20-14)16(17)18/h3-8,11H,9-10H2,1-2H3,(H,17,18). The van der Waals surface area contributed by atoms with Crippen molar-refractivity contribution in [2.45, 2.75) is 31.3 Å². The van der Waals surface area contributed by atoms with Crippen LogP contribution in [0, 0.1) is 0 Å². The first-order chi connectivity index (χ1) is 9.95. The Labute approximate surface area is 126 Å². The van der Waals surface area contributed by atoms with Crippen LogP contribution in [0.15, 0.2) is 40.8 Å². The number of rotatable bonds is 6. The van der Waals surface area contributed by atoms with Crippen molar-refractivity contribution in [3.05, 3.63) is 59.0 Å². The molecular weight excluding hydrogens is 288 g/mol. The second kappa shape index (κ2) is 6.72. The lowest BCUT2D eigenvalue weighted by molar-refractivity contribution is 0.0660. The van der Waals surface area contributed by atoms with E-state index in [-0.39, 0.29) is 11.5 Å². The first-order valence-electron chi connectivity index (χ1n) is 6.71. The lowest BCUT2D eigenvalue weighted by atomic mass is 10.0. The van der Waals surface area contributed by atoms with Crippen LogP contribution in [0.2, 0.25) is 0 Å². The molecule has 5 heteroatoms. The summed E-state index contributed by atoms with van der Waals surface area (Å²) in [6, 6.07) is 11.0. The van der Waals surface area contributed by atoms with Crippen LogP contribution >= 0.6 is 0 Å². The monoisotopic (exact) mass is 306 g/mol. The largest absolute Gasteiger partial charge is 0.475 e. The molecule has 0 fully saturated rings. The summed E-state index contributed by atoms with van der Waals surface area (Å²) >= 11 is 0. The Balaban J connectivity index is 1.96. The van der Waals surface area contributed by atoms with E-state index in [1.807, 2.05) is 24.3 Å². The van der Waals surface area contributed by atoms with Gasteiger partial charge >= 0.3 is 5.97 Å². The number of aromatic carboxylic acids is 1. The van der Waals surface area contributed by atoms with Crippen molar-refractivity contribution in [1.82, 2.24) is 0 Å². The van der Waals surface area contributed by atoms with Crippen molar-refractivity contribution in [3.63, 3.8) is 0 Å². The van der Waals surface area contributed by atoms with Crippen LogP contribution in [0.1, 0.15) is 47.2 Å². The van der Waals surface area contributed by atoms with Gasteiger partial charge < -0.3 is 9.52 Å². The third-order valence-corrected chi connectivity index (χ3v) is 4.41. The third kappa shape index (κ3) is 4.29. The van der Waals surface area contributed by atoms with Crippen molar-refractivity contribution >= 4 is 16.8 Å². The first kappa shape index (κ1) is 15.5. The van der Waals surface area contributed by atoms with Gasteiger partial charge in [-0.3, -0.25) is 4.21 Å². The van der Waals surface area contributed by atoms with Crippen LogP contribution in [0.25, 0.3) is 0 Å². The highest BCUT2D eigenvalue weighted by Gasteiger charge is 2.11. The molecule has 0 aliphatic rings. The molecule has 0 amide bonds. The summed E-state index contributed by atoms with van der Waals surface area (Å²) in [6.07, 6.45) is 0. The molecule has 0 spiro atoms. The van der Waals surface area contributed by atoms with Gasteiger partial charge in [0.1, 0.15) is 5.76 Å². The Morgan fingerprint density at radius 1 is 1.14 bits per heavy atom. The summed E-state index contributed by atoms with van der Waals surface area (Å²) in [5, 5.41) is 8.77. The molecule has 4 nitrogen and oxygen atoms in total. The van der Waals surface area contributed by atoms with Crippen molar-refractivity contribution in [3.8, 4) is 0 Å². The minimum Gasteiger partial charge on any atom is -0.475 e. The Morgan fingerprint density at radius 3 is 2.33 bits per heavy atom. The SMILES string of the molecule is CC(C)c1ccc(CS(=O)Cc2ccc(C(=O)O)o2)cc1. The Bertz CT molecular complexity index is 641. The van der Waals surface area contributed by atoms with Gasteiger partial charge in [0, 0.05) is 16.6 Å². The fourth-order valence-electron chi connectivity index (χ4n) is 1.96. The van der Waals surface area contributed by atoms with Gasteiger partial charge in [-0.25, -0.2) is 4.79 Å². The van der Waals surface area contributed by atoms with Gasteiger partial charge in [0.05, 0.1) is 5.75 Å². The fraction of sp³-hybridized carbons (Fsp3) is 0.312. The van der Waals surface area contributed by atoms with Gasteiger partial charge in [0.25, 0.3) is 0 Å². The van der Waals surface area contributed by atoms with Gasteiger partial charge in [0.15, 0.2) is 0 Å². The van der Waals surface area contributed by atoms with Gasteiger partial charge in [0.2, 0.25) is 5.76 Å². The molecule has 0 saturated heterocycles. The van der Waals surface area contributed by atoms with Crippen LogP contribution < -0.4 is 0 Å². The Morgan fingerprint density at radius 2 is 1.81 bits per heavy atom. The van der Waals surface area contributed by atoms with Crippen molar-refractivity contribution in [2.24, 2.45) is 0 Å². The van der Waals surface area contributed by atoms with E-state index in [9.17, 15) is 9.00 Å². The molecule has 1 unspecified atom stereocenters. The van der Waals surface area contributed by atoms with Crippen LogP contribution in [-0.2, 0) is 22.3 Å². The van der Waals surface area contributed by atoms with Crippen LogP contribution in [-0.4, -0.2) is 15.3 Å². The molecule has 112 valence electrons. The highest BCUT2D eigenvalue weighted by Crippen LogP contribution is 2.17. The van der Waals surface area contributed by atoms with Crippen molar-refractivity contribution in [1.29, 1.82) is 0 Å². The van der Waals surface area contributed by atoms with E-state index < -0.39 is 16.8 Å². The summed E-state index contributed by atoms with van der Waals surface area (Å²) in [5.74, 6) is 0.326. The molecule has 0 bridgehead atoms. The van der Waals surface area contributed by atoms with Gasteiger partial charge in [-0.05, 0) is 29.2 Å². The minimum atomic E-state index is -1.13. The fourth-order valence-corrected chi connectivity index (χ4v) is 3.10. The van der Waals surface area contributed by atoms with E-state index in [0.29, 0.717) is 17.4 Å². The lowest BCUT2D eigenvalue weighted by Gasteiger charge is -2.06. The summed E-state index contributed by atoms with van der Waals surface area (Å²) in [4.78, 5) is 10.7. The van der Waals surface area contributed by atoms with Crippen LogP contribution in [0.3, 0.4) is 0 Å². The maximum Gasteiger partial charge on any atom is 0.371 e. The highest BCUT2D eigenvalue weighted by molar-refractivity contribution is 7.83. The second-order valence-electron chi connectivity index (χ2n) is 5.20. The number of benzene rings is 1. The Hall–Kier alpha value is -1.88. The molecule has 1 heterocycles. The van der Waals surface area contributed by atoms with E-state index in [4.69, 9.17) is 9.52 Å². The van der Waals surface area contributed by atoms with Crippen LogP contribution in [0.5, 0.6) is 0 Å². The average molecular weight is 306 g/mol. The number of hydrogen-bond acceptors (Lipinski definition) is 3. The van der Waals surface area contributed by atoms with E-state index in [2.05, 4.69) is 13.8 Å². The Kier molecular flexibility index (Phi) is 4.96. The average Bonchev–Trinajstić information content (AvgIpc) is 2.87. The summed E-state index contributed by atoms with van der Waals surface area (Å²) in [5.41, 5.74) is 2.25. The van der Waals surface area contributed by atoms with E-state index in [1.54, 1.807) is 6.07 Å². The first-order valence-corrected chi connectivity index (χ1v) is 8.20. The predicted molar refractivity (Wildman–Crippen MR) is 81.7 cm³/mol. The van der Waals surface area contributed by atoms with Crippen LogP contribution in [0.4, 0.5) is 0 Å². The molecule has 1 atom stereocenters. The molecule has 2 rings (SSSR count). The smallest absolute Gasteiger partial charge is 0.371 e. The molecule has 0 radical (unpaired) electrons. The summed E-state index contributed by atoms with van der Waals surface area (Å²) < 4.78 is 17.2. The van der Waals surface area contributed by atoms with Gasteiger partial charge in [-0.2, -0.15) is 0 Å². The molecule has 1 N–H and O–H groups in total. The number of carboxylic acid groups (broad SMARTS) is 1. The maximum atomic E-state index is 12.1. The molecule has 1 aromatic heterocycles. The topological polar surface area (TPSA) is 67.5 Å². The summed E-state index contributed by atoms with van der Waals surface area (Å²) in [6.45, 7) is 4.26. The van der Waals surface area contributed by atoms with Crippen molar-refractivity contribution < 1.29 is 18.5 Å². The minimum absolute atomic E-state index is 0.122. The maximum absolute atomic E-state index is 12.1. The molecule has 21 heavy (non-hydrogen) atoms. The van der Waals surface area contributed by atoms with Gasteiger partial charge in [-0.15, -0.1) is 0 Å². The van der Waals surface area contributed by atoms with E-state index in [0.717, 1.165) is 5.56 Å². The second-order valence-corrected chi connectivity index (χ2v) is 6.65. The normalized spacial score (nSPS) is 12.5. The number of carboxylic acids is 1. The predicted octanol–water partition coefficient (Wildman–Crippen LogP) is 3.55. The van der Waals surface area contributed by atoms with E-state index in [1.165, 1.54) is 11.6 Å². The van der Waals surface area contributed by atoms with Gasteiger partial charge in [-0.1, -0.05) is 38.1 Å². The molecular formula is C16H18O4S. The van der Waals surface area contributed by atoms with Crippen molar-refractivity contribution in [2.75, 3.05) is 0 Å². The number of furan rings is 1. The molecule has 1 aromatic carbocycles.